The third-order valence-electron chi connectivity index (χ3n) is 6.31. The molecule has 0 unspecified atom stereocenters. The molecular formula is C27H24ClN3O6. The molecule has 190 valence electrons. The predicted molar refractivity (Wildman–Crippen MR) is 137 cm³/mol. The van der Waals surface area contributed by atoms with Crippen LogP contribution in [0.1, 0.15) is 50.8 Å². The number of para-hydroxylation sites is 2. The van der Waals surface area contributed by atoms with Crippen LogP contribution in [0.15, 0.2) is 54.9 Å². The van der Waals surface area contributed by atoms with E-state index in [4.69, 9.17) is 21.1 Å². The van der Waals surface area contributed by atoms with Crippen molar-refractivity contribution in [3.05, 3.63) is 76.6 Å². The lowest BCUT2D eigenvalue weighted by Gasteiger charge is -2.38. The van der Waals surface area contributed by atoms with Gasteiger partial charge in [-0.2, -0.15) is 0 Å². The van der Waals surface area contributed by atoms with Crippen LogP contribution in [0, 0.1) is 0 Å². The molecule has 1 saturated carbocycles. The molecule has 0 saturated heterocycles. The molecule has 0 radical (unpaired) electrons. The molecule has 2 aliphatic rings. The van der Waals surface area contributed by atoms with Gasteiger partial charge >= 0.3 is 11.9 Å². The van der Waals surface area contributed by atoms with E-state index in [-0.39, 0.29) is 45.7 Å². The Labute approximate surface area is 218 Å². The number of ether oxygens (including phenoxy) is 2. The number of benzene rings is 2. The Kier molecular flexibility index (Phi) is 6.71. The van der Waals surface area contributed by atoms with Crippen molar-refractivity contribution < 1.29 is 29.0 Å². The van der Waals surface area contributed by atoms with Gasteiger partial charge in [0.1, 0.15) is 17.1 Å². The Morgan fingerprint density at radius 3 is 2.49 bits per heavy atom. The van der Waals surface area contributed by atoms with Crippen LogP contribution in [0.25, 0.3) is 0 Å². The van der Waals surface area contributed by atoms with Gasteiger partial charge in [-0.1, -0.05) is 23.7 Å². The lowest BCUT2D eigenvalue weighted by molar-refractivity contribution is 0.0514. The lowest BCUT2D eigenvalue weighted by Crippen LogP contribution is -2.45. The number of amides is 1. The van der Waals surface area contributed by atoms with E-state index < -0.39 is 11.9 Å². The number of nitrogens with zero attached hydrogens (tertiary/aromatic N) is 3. The van der Waals surface area contributed by atoms with Crippen LogP contribution in [0.3, 0.4) is 0 Å². The third-order valence-corrected chi connectivity index (χ3v) is 6.60. The molecular weight excluding hydrogens is 498 g/mol. The van der Waals surface area contributed by atoms with E-state index in [9.17, 15) is 19.5 Å². The van der Waals surface area contributed by atoms with Gasteiger partial charge in [-0.25, -0.2) is 9.59 Å². The van der Waals surface area contributed by atoms with E-state index in [2.05, 4.69) is 9.88 Å². The molecule has 1 aromatic heterocycles. The molecule has 1 aliphatic carbocycles. The second kappa shape index (κ2) is 10.1. The fraction of sp³-hybridized carbons (Fsp3) is 0.259. The topological polar surface area (TPSA) is 109 Å². The van der Waals surface area contributed by atoms with Gasteiger partial charge in [0, 0.05) is 31.5 Å². The summed E-state index contributed by atoms with van der Waals surface area (Å²) >= 11 is 6.32. The minimum Gasteiger partial charge on any atom is -0.478 e. The molecule has 1 fully saturated rings. The van der Waals surface area contributed by atoms with E-state index in [0.717, 1.165) is 36.8 Å². The number of pyridine rings is 1. The smallest absolute Gasteiger partial charge is 0.339 e. The summed E-state index contributed by atoms with van der Waals surface area (Å²) in [4.78, 5) is 46.0. The number of carboxylic acids is 1. The van der Waals surface area contributed by atoms with Crippen molar-refractivity contribution in [3.8, 4) is 11.5 Å². The van der Waals surface area contributed by atoms with Crippen LogP contribution in [0.4, 0.5) is 11.4 Å². The maximum absolute atomic E-state index is 13.8. The first-order valence-electron chi connectivity index (χ1n) is 11.9. The predicted octanol–water partition coefficient (Wildman–Crippen LogP) is 5.03. The van der Waals surface area contributed by atoms with Gasteiger partial charge in [0.25, 0.3) is 5.91 Å². The standard InChI is InChI=1S/C27H24ClN3O6/c1-2-36-27(35)18-14-24(20(28)13-17(18)26(33)34)37-23-9-10-29-15-19(23)25(32)31-12-11-30(16-7-8-16)21-5-3-4-6-22(21)31/h3-6,9-10,13-16H,2,7-8,11-12H2,1H3,(H,33,34). The van der Waals surface area contributed by atoms with Gasteiger partial charge in [-0.15, -0.1) is 0 Å². The third kappa shape index (κ3) is 4.82. The highest BCUT2D eigenvalue weighted by Crippen LogP contribution is 2.41. The number of rotatable bonds is 7. The molecule has 1 N–H and O–H groups in total. The highest BCUT2D eigenvalue weighted by Gasteiger charge is 2.36. The Balaban J connectivity index is 1.48. The number of hydrogen-bond acceptors (Lipinski definition) is 7. The Hall–Kier alpha value is -4.11. The summed E-state index contributed by atoms with van der Waals surface area (Å²) in [6.07, 6.45) is 5.19. The van der Waals surface area contributed by atoms with Crippen molar-refractivity contribution in [1.82, 2.24) is 4.98 Å². The van der Waals surface area contributed by atoms with Gasteiger partial charge in [0.05, 0.1) is 34.1 Å². The van der Waals surface area contributed by atoms with Gasteiger partial charge < -0.3 is 24.4 Å². The maximum atomic E-state index is 13.8. The average molecular weight is 522 g/mol. The number of esters is 1. The molecule has 1 amide bonds. The minimum atomic E-state index is -1.33. The Bertz CT molecular complexity index is 1390. The zero-order valence-corrected chi connectivity index (χ0v) is 20.8. The molecule has 37 heavy (non-hydrogen) atoms. The number of anilines is 2. The summed E-state index contributed by atoms with van der Waals surface area (Å²) in [5.41, 5.74) is 1.51. The fourth-order valence-corrected chi connectivity index (χ4v) is 4.64. The number of aromatic carboxylic acids is 1. The van der Waals surface area contributed by atoms with Gasteiger partial charge in [0.15, 0.2) is 0 Å². The Morgan fingerprint density at radius 2 is 1.78 bits per heavy atom. The first kappa shape index (κ1) is 24.6. The number of halogens is 1. The summed E-state index contributed by atoms with van der Waals surface area (Å²) in [6, 6.07) is 12.2. The van der Waals surface area contributed by atoms with Gasteiger partial charge in [-0.3, -0.25) is 9.78 Å². The number of hydrogen-bond donors (Lipinski definition) is 1. The molecule has 2 heterocycles. The number of carbonyl (C=O) groups excluding carboxylic acids is 2. The summed E-state index contributed by atoms with van der Waals surface area (Å²) in [5.74, 6) is -2.27. The van der Waals surface area contributed by atoms with Crippen molar-refractivity contribution in [2.24, 2.45) is 0 Å². The quantitative estimate of drug-likeness (QED) is 0.431. The van der Waals surface area contributed by atoms with Crippen LogP contribution >= 0.6 is 11.6 Å². The summed E-state index contributed by atoms with van der Waals surface area (Å²) < 4.78 is 11.0. The largest absolute Gasteiger partial charge is 0.478 e. The molecule has 1 aliphatic heterocycles. The van der Waals surface area contributed by atoms with Crippen LogP contribution in [-0.2, 0) is 4.74 Å². The highest BCUT2D eigenvalue weighted by atomic mass is 35.5. The number of carboxylic acid groups (broad SMARTS) is 1. The van der Waals surface area contributed by atoms with Crippen molar-refractivity contribution in [3.63, 3.8) is 0 Å². The van der Waals surface area contributed by atoms with Crippen LogP contribution in [0.5, 0.6) is 11.5 Å². The monoisotopic (exact) mass is 521 g/mol. The lowest BCUT2D eigenvalue weighted by atomic mass is 10.1. The fourth-order valence-electron chi connectivity index (χ4n) is 4.44. The number of fused-ring (bicyclic) bond motifs is 1. The molecule has 0 atom stereocenters. The summed E-state index contributed by atoms with van der Waals surface area (Å²) in [5, 5.41) is 9.48. The van der Waals surface area contributed by atoms with Gasteiger partial charge in [-0.05, 0) is 50.1 Å². The Morgan fingerprint density at radius 1 is 1.03 bits per heavy atom. The summed E-state index contributed by atoms with van der Waals surface area (Å²) in [7, 11) is 0. The second-order valence-electron chi connectivity index (χ2n) is 8.70. The molecule has 0 bridgehead atoms. The van der Waals surface area contributed by atoms with Crippen LogP contribution < -0.4 is 14.5 Å². The van der Waals surface area contributed by atoms with Gasteiger partial charge in [0.2, 0.25) is 0 Å². The van der Waals surface area contributed by atoms with E-state index in [1.165, 1.54) is 24.5 Å². The van der Waals surface area contributed by atoms with Crippen LogP contribution in [0.2, 0.25) is 5.02 Å². The average Bonchev–Trinajstić information content (AvgIpc) is 3.74. The van der Waals surface area contributed by atoms with E-state index in [1.807, 2.05) is 24.3 Å². The maximum Gasteiger partial charge on any atom is 0.339 e. The first-order chi connectivity index (χ1) is 17.9. The zero-order valence-electron chi connectivity index (χ0n) is 20.0. The molecule has 3 aromatic rings. The van der Waals surface area contributed by atoms with E-state index in [0.29, 0.717) is 12.6 Å². The van der Waals surface area contributed by atoms with E-state index >= 15 is 0 Å². The molecule has 9 nitrogen and oxygen atoms in total. The molecule has 0 spiro atoms. The normalized spacial score (nSPS) is 14.6. The van der Waals surface area contributed by atoms with Crippen molar-refractivity contribution in [1.29, 1.82) is 0 Å². The molecule has 2 aromatic carbocycles. The van der Waals surface area contributed by atoms with Crippen molar-refractivity contribution >= 4 is 40.8 Å². The highest BCUT2D eigenvalue weighted by molar-refractivity contribution is 6.32. The zero-order chi connectivity index (χ0) is 26.1. The minimum absolute atomic E-state index is 0.00826. The van der Waals surface area contributed by atoms with Crippen molar-refractivity contribution in [2.75, 3.05) is 29.5 Å². The SMILES string of the molecule is CCOC(=O)c1cc(Oc2ccncc2C(=O)N2CCN(C3CC3)c3ccccc32)c(Cl)cc1C(=O)O. The number of aromatic nitrogens is 1. The molecule has 5 rings (SSSR count). The number of carbonyl (C=O) groups is 3. The summed E-state index contributed by atoms with van der Waals surface area (Å²) in [6.45, 7) is 2.90. The van der Waals surface area contributed by atoms with Crippen LogP contribution in [-0.4, -0.2) is 53.7 Å². The first-order valence-corrected chi connectivity index (χ1v) is 12.3. The van der Waals surface area contributed by atoms with Crippen molar-refractivity contribution in [2.45, 2.75) is 25.8 Å². The second-order valence-corrected chi connectivity index (χ2v) is 9.11. The molecule has 10 heteroatoms. The van der Waals surface area contributed by atoms with E-state index in [1.54, 1.807) is 11.8 Å².